The molecular weight excluding hydrogens is 368 g/mol. The number of anilines is 1. The molecule has 1 N–H and O–H groups in total. The Morgan fingerprint density at radius 3 is 2.76 bits per heavy atom. The average molecular weight is 399 g/mol. The van der Waals surface area contributed by atoms with Crippen molar-refractivity contribution >= 4 is 17.7 Å². The van der Waals surface area contributed by atoms with Gasteiger partial charge in [-0.2, -0.15) is 5.10 Å². The number of carbonyl (C=O) groups is 2. The molecule has 1 heterocycles. The number of ether oxygens (including phenoxy) is 1. The summed E-state index contributed by atoms with van der Waals surface area (Å²) in [6, 6.07) is 8.89. The lowest BCUT2D eigenvalue weighted by molar-refractivity contribution is -0.118. The Bertz CT molecular complexity index is 861. The van der Waals surface area contributed by atoms with Gasteiger partial charge in [0, 0.05) is 13.1 Å². The normalized spacial score (nSPS) is 15.8. The largest absolute Gasteiger partial charge is 0.462 e. The van der Waals surface area contributed by atoms with Crippen molar-refractivity contribution in [3.05, 3.63) is 47.2 Å². The van der Waals surface area contributed by atoms with E-state index in [0.717, 1.165) is 32.2 Å². The fourth-order valence-corrected chi connectivity index (χ4v) is 3.97. The molecule has 1 aliphatic carbocycles. The summed E-state index contributed by atoms with van der Waals surface area (Å²) in [6.07, 6.45) is 5.45. The number of aryl methyl sites for hydroxylation is 2. The minimum absolute atomic E-state index is 0.147. The number of carbonyl (C=O) groups excluding carboxylic acids is 2. The molecule has 7 heteroatoms. The Labute approximate surface area is 172 Å². The summed E-state index contributed by atoms with van der Waals surface area (Å²) in [5, 5.41) is 6.96. The summed E-state index contributed by atoms with van der Waals surface area (Å²) in [6.45, 7) is 5.29. The maximum absolute atomic E-state index is 12.8. The van der Waals surface area contributed by atoms with Crippen molar-refractivity contribution in [3.63, 3.8) is 0 Å². The second-order valence-electron chi connectivity index (χ2n) is 7.43. The van der Waals surface area contributed by atoms with Gasteiger partial charge in [0.15, 0.2) is 0 Å². The summed E-state index contributed by atoms with van der Waals surface area (Å²) in [5.41, 5.74) is 3.07. The van der Waals surface area contributed by atoms with Crippen LogP contribution in [0.3, 0.4) is 0 Å². The molecule has 1 aromatic heterocycles. The summed E-state index contributed by atoms with van der Waals surface area (Å²) in [5.74, 6) is -0.254. The third-order valence-electron chi connectivity index (χ3n) is 5.39. The minimum Gasteiger partial charge on any atom is -0.462 e. The lowest BCUT2D eigenvalue weighted by Gasteiger charge is -2.34. The molecule has 1 amide bonds. The molecular formula is C22H30N4O3. The summed E-state index contributed by atoms with van der Waals surface area (Å²) >= 11 is 0. The van der Waals surface area contributed by atoms with E-state index < -0.39 is 5.97 Å². The molecule has 0 fully saturated rings. The van der Waals surface area contributed by atoms with Crippen LogP contribution in [0.2, 0.25) is 0 Å². The highest BCUT2D eigenvalue weighted by atomic mass is 16.5. The Balaban J connectivity index is 1.68. The van der Waals surface area contributed by atoms with Crippen molar-refractivity contribution in [2.45, 2.75) is 45.6 Å². The van der Waals surface area contributed by atoms with Gasteiger partial charge in [0.05, 0.1) is 19.3 Å². The maximum atomic E-state index is 12.8. The van der Waals surface area contributed by atoms with Gasteiger partial charge in [-0.1, -0.05) is 31.2 Å². The van der Waals surface area contributed by atoms with Gasteiger partial charge in [0.2, 0.25) is 5.91 Å². The lowest BCUT2D eigenvalue weighted by Crippen LogP contribution is -2.44. The van der Waals surface area contributed by atoms with Gasteiger partial charge in [-0.05, 0) is 50.3 Å². The van der Waals surface area contributed by atoms with Crippen molar-refractivity contribution in [1.29, 1.82) is 0 Å². The molecule has 1 aromatic carbocycles. The predicted molar refractivity (Wildman–Crippen MR) is 112 cm³/mol. The quantitative estimate of drug-likeness (QED) is 0.692. The predicted octanol–water partition coefficient (Wildman–Crippen LogP) is 2.80. The van der Waals surface area contributed by atoms with E-state index in [2.05, 4.69) is 46.5 Å². The molecule has 0 saturated heterocycles. The molecule has 7 nitrogen and oxygen atoms in total. The SMILES string of the molecule is CCCN(CC(=O)Nc1c(C(=O)OCC)cnn1C)C1CCc2ccccc2C1. The highest BCUT2D eigenvalue weighted by molar-refractivity contribution is 6.00. The van der Waals surface area contributed by atoms with Gasteiger partial charge >= 0.3 is 5.97 Å². The molecule has 1 unspecified atom stereocenters. The van der Waals surface area contributed by atoms with Crippen molar-refractivity contribution in [1.82, 2.24) is 14.7 Å². The molecule has 2 aromatic rings. The van der Waals surface area contributed by atoms with Crippen molar-refractivity contribution in [2.24, 2.45) is 7.05 Å². The molecule has 0 spiro atoms. The first kappa shape index (κ1) is 21.0. The van der Waals surface area contributed by atoms with Gasteiger partial charge < -0.3 is 10.1 Å². The maximum Gasteiger partial charge on any atom is 0.343 e. The monoisotopic (exact) mass is 398 g/mol. The topological polar surface area (TPSA) is 76.5 Å². The molecule has 1 aliphatic rings. The number of fused-ring (bicyclic) bond motifs is 1. The van der Waals surface area contributed by atoms with Crippen LogP contribution in [0.15, 0.2) is 30.5 Å². The first-order valence-electron chi connectivity index (χ1n) is 10.3. The number of hydrogen-bond acceptors (Lipinski definition) is 5. The van der Waals surface area contributed by atoms with E-state index in [1.165, 1.54) is 22.0 Å². The minimum atomic E-state index is -0.481. The van der Waals surface area contributed by atoms with Crippen LogP contribution >= 0.6 is 0 Å². The van der Waals surface area contributed by atoms with E-state index in [1.54, 1.807) is 14.0 Å². The zero-order chi connectivity index (χ0) is 20.8. The lowest BCUT2D eigenvalue weighted by atomic mass is 9.87. The second kappa shape index (κ2) is 9.69. The van der Waals surface area contributed by atoms with Crippen LogP contribution in [0.4, 0.5) is 5.82 Å². The third kappa shape index (κ3) is 5.03. The Morgan fingerprint density at radius 1 is 1.28 bits per heavy atom. The highest BCUT2D eigenvalue weighted by Crippen LogP contribution is 2.25. The van der Waals surface area contributed by atoms with Gasteiger partial charge in [-0.3, -0.25) is 14.4 Å². The smallest absolute Gasteiger partial charge is 0.343 e. The van der Waals surface area contributed by atoms with E-state index in [9.17, 15) is 9.59 Å². The van der Waals surface area contributed by atoms with Crippen LogP contribution in [-0.2, 0) is 29.4 Å². The Hall–Kier alpha value is -2.67. The number of nitrogens with zero attached hydrogens (tertiary/aromatic N) is 3. The number of aromatic nitrogens is 2. The summed E-state index contributed by atoms with van der Waals surface area (Å²) < 4.78 is 6.55. The van der Waals surface area contributed by atoms with Gasteiger partial charge in [0.1, 0.15) is 11.4 Å². The number of amides is 1. The van der Waals surface area contributed by atoms with E-state index in [-0.39, 0.29) is 24.6 Å². The highest BCUT2D eigenvalue weighted by Gasteiger charge is 2.26. The molecule has 156 valence electrons. The van der Waals surface area contributed by atoms with Crippen LogP contribution in [0.5, 0.6) is 0 Å². The van der Waals surface area contributed by atoms with E-state index in [0.29, 0.717) is 11.9 Å². The molecule has 0 saturated carbocycles. The fourth-order valence-electron chi connectivity index (χ4n) is 3.97. The van der Waals surface area contributed by atoms with Crippen molar-refractivity contribution in [2.75, 3.05) is 25.0 Å². The first-order chi connectivity index (χ1) is 14.0. The van der Waals surface area contributed by atoms with Crippen LogP contribution in [0, 0.1) is 0 Å². The van der Waals surface area contributed by atoms with Crippen LogP contribution in [0.25, 0.3) is 0 Å². The molecule has 0 bridgehead atoms. The molecule has 29 heavy (non-hydrogen) atoms. The molecule has 0 radical (unpaired) electrons. The molecule has 0 aliphatic heterocycles. The number of nitrogens with one attached hydrogen (secondary N) is 1. The standard InChI is InChI=1S/C22H30N4O3/c1-4-12-26(18-11-10-16-8-6-7-9-17(16)13-18)15-20(27)24-21-19(14-23-25(21)3)22(28)29-5-2/h6-9,14,18H,4-5,10-13,15H2,1-3H3,(H,24,27). The number of esters is 1. The zero-order valence-electron chi connectivity index (χ0n) is 17.5. The van der Waals surface area contributed by atoms with E-state index in [4.69, 9.17) is 4.74 Å². The van der Waals surface area contributed by atoms with Crippen LogP contribution < -0.4 is 5.32 Å². The average Bonchev–Trinajstić information content (AvgIpc) is 3.08. The van der Waals surface area contributed by atoms with Crippen molar-refractivity contribution in [3.8, 4) is 0 Å². The number of rotatable bonds is 8. The molecule has 3 rings (SSSR count). The summed E-state index contributed by atoms with van der Waals surface area (Å²) in [7, 11) is 1.69. The molecule has 1 atom stereocenters. The second-order valence-corrected chi connectivity index (χ2v) is 7.43. The first-order valence-corrected chi connectivity index (χ1v) is 10.3. The van der Waals surface area contributed by atoms with Crippen LogP contribution in [0.1, 0.15) is 48.2 Å². The van der Waals surface area contributed by atoms with Crippen molar-refractivity contribution < 1.29 is 14.3 Å². The number of benzene rings is 1. The Kier molecular flexibility index (Phi) is 7.04. The number of hydrogen-bond donors (Lipinski definition) is 1. The summed E-state index contributed by atoms with van der Waals surface area (Å²) in [4.78, 5) is 27.2. The third-order valence-corrected chi connectivity index (χ3v) is 5.39. The van der Waals surface area contributed by atoms with E-state index in [1.807, 2.05) is 0 Å². The van der Waals surface area contributed by atoms with Gasteiger partial charge in [0.25, 0.3) is 0 Å². The zero-order valence-corrected chi connectivity index (χ0v) is 17.5. The van der Waals surface area contributed by atoms with E-state index >= 15 is 0 Å². The van der Waals surface area contributed by atoms with Gasteiger partial charge in [-0.15, -0.1) is 0 Å². The Morgan fingerprint density at radius 2 is 2.03 bits per heavy atom. The van der Waals surface area contributed by atoms with Gasteiger partial charge in [-0.25, -0.2) is 4.79 Å². The van der Waals surface area contributed by atoms with Crippen LogP contribution in [-0.4, -0.2) is 52.3 Å². The fraction of sp³-hybridized carbons (Fsp3) is 0.500.